The SMILES string of the molecule is Cc1noc(C)c1CN1CCN(CC(=O)Nc2ccc(Cl)c(C(F)(F)F)c2)CC1. The number of nitrogens with one attached hydrogen (secondary N) is 1. The molecule has 0 radical (unpaired) electrons. The average molecular weight is 431 g/mol. The van der Waals surface area contributed by atoms with Crippen LogP contribution in [-0.2, 0) is 17.5 Å². The third-order valence-electron chi connectivity index (χ3n) is 4.95. The molecule has 1 aliphatic rings. The topological polar surface area (TPSA) is 61.6 Å². The Kier molecular flexibility index (Phi) is 6.50. The van der Waals surface area contributed by atoms with Crippen LogP contribution >= 0.6 is 11.6 Å². The van der Waals surface area contributed by atoms with Gasteiger partial charge in [0.15, 0.2) is 0 Å². The van der Waals surface area contributed by atoms with E-state index in [1.54, 1.807) is 0 Å². The number of piperazine rings is 1. The molecule has 0 aliphatic carbocycles. The van der Waals surface area contributed by atoms with Gasteiger partial charge in [0.25, 0.3) is 0 Å². The summed E-state index contributed by atoms with van der Waals surface area (Å²) in [5.41, 5.74) is 1.07. The fourth-order valence-electron chi connectivity index (χ4n) is 3.28. The van der Waals surface area contributed by atoms with Crippen LogP contribution in [0.15, 0.2) is 22.7 Å². The maximum absolute atomic E-state index is 12.9. The van der Waals surface area contributed by atoms with Crippen molar-refractivity contribution in [1.82, 2.24) is 15.0 Å². The molecule has 0 spiro atoms. The Bertz CT molecular complexity index is 857. The lowest BCUT2D eigenvalue weighted by Gasteiger charge is -2.34. The van der Waals surface area contributed by atoms with Crippen LogP contribution in [0.3, 0.4) is 0 Å². The molecule has 2 aromatic rings. The number of hydrogen-bond acceptors (Lipinski definition) is 5. The van der Waals surface area contributed by atoms with Crippen LogP contribution in [0.5, 0.6) is 0 Å². The third kappa shape index (κ3) is 5.49. The number of carbonyl (C=O) groups excluding carboxylic acids is 1. The van der Waals surface area contributed by atoms with Crippen LogP contribution in [0.4, 0.5) is 18.9 Å². The third-order valence-corrected chi connectivity index (χ3v) is 5.28. The van der Waals surface area contributed by atoms with Gasteiger partial charge in [-0.3, -0.25) is 14.6 Å². The number of benzene rings is 1. The summed E-state index contributed by atoms with van der Waals surface area (Å²) in [5.74, 6) is 0.449. The number of carbonyl (C=O) groups is 1. The van der Waals surface area contributed by atoms with Crippen molar-refractivity contribution in [3.8, 4) is 0 Å². The van der Waals surface area contributed by atoms with Crippen molar-refractivity contribution < 1.29 is 22.5 Å². The summed E-state index contributed by atoms with van der Waals surface area (Å²) < 4.78 is 44.0. The minimum absolute atomic E-state index is 0.0729. The molecule has 158 valence electrons. The van der Waals surface area contributed by atoms with Gasteiger partial charge in [-0.05, 0) is 32.0 Å². The van der Waals surface area contributed by atoms with E-state index in [1.165, 1.54) is 6.07 Å². The standard InChI is InChI=1S/C19H22ClF3N4O2/c1-12-15(13(2)29-25-12)10-26-5-7-27(8-6-26)11-18(28)24-14-3-4-17(20)16(9-14)19(21,22)23/h3-4,9H,5-8,10-11H2,1-2H3,(H,24,28). The van der Waals surface area contributed by atoms with Crippen molar-refractivity contribution in [3.05, 3.63) is 45.8 Å². The van der Waals surface area contributed by atoms with Gasteiger partial charge < -0.3 is 9.84 Å². The molecular weight excluding hydrogens is 409 g/mol. The first-order chi connectivity index (χ1) is 13.6. The Hall–Kier alpha value is -2.10. The Morgan fingerprint density at radius 2 is 1.86 bits per heavy atom. The second kappa shape index (κ2) is 8.73. The molecule has 0 unspecified atom stereocenters. The number of alkyl halides is 3. The van der Waals surface area contributed by atoms with Crippen LogP contribution in [0.25, 0.3) is 0 Å². The minimum atomic E-state index is -4.57. The van der Waals surface area contributed by atoms with Crippen LogP contribution in [0.1, 0.15) is 22.6 Å². The van der Waals surface area contributed by atoms with Crippen LogP contribution in [-0.4, -0.2) is 53.6 Å². The van der Waals surface area contributed by atoms with Crippen LogP contribution < -0.4 is 5.32 Å². The molecular formula is C19H22ClF3N4O2. The molecule has 0 atom stereocenters. The van der Waals surface area contributed by atoms with Gasteiger partial charge in [-0.25, -0.2) is 0 Å². The van der Waals surface area contributed by atoms with E-state index < -0.39 is 16.8 Å². The number of aromatic nitrogens is 1. The lowest BCUT2D eigenvalue weighted by atomic mass is 10.1. The van der Waals surface area contributed by atoms with Gasteiger partial charge in [0.1, 0.15) is 5.76 Å². The van der Waals surface area contributed by atoms with E-state index in [-0.39, 0.29) is 18.1 Å². The lowest BCUT2D eigenvalue weighted by Crippen LogP contribution is -2.48. The fraction of sp³-hybridized carbons (Fsp3) is 0.474. The number of nitrogens with zero attached hydrogens (tertiary/aromatic N) is 3. The Morgan fingerprint density at radius 1 is 1.21 bits per heavy atom. The van der Waals surface area contributed by atoms with Gasteiger partial charge in [-0.15, -0.1) is 0 Å². The zero-order chi connectivity index (χ0) is 21.2. The smallest absolute Gasteiger partial charge is 0.361 e. The summed E-state index contributed by atoms with van der Waals surface area (Å²) >= 11 is 5.60. The van der Waals surface area contributed by atoms with Crippen molar-refractivity contribution in [3.63, 3.8) is 0 Å². The predicted molar refractivity (Wildman–Crippen MR) is 103 cm³/mol. The Morgan fingerprint density at radius 3 is 2.45 bits per heavy atom. The minimum Gasteiger partial charge on any atom is -0.361 e. The summed E-state index contributed by atoms with van der Waals surface area (Å²) in [5, 5.41) is 6.08. The van der Waals surface area contributed by atoms with Crippen molar-refractivity contribution in [1.29, 1.82) is 0 Å². The average Bonchev–Trinajstić information content (AvgIpc) is 2.96. The van der Waals surface area contributed by atoms with E-state index in [9.17, 15) is 18.0 Å². The summed E-state index contributed by atoms with van der Waals surface area (Å²) in [4.78, 5) is 16.5. The van der Waals surface area contributed by atoms with Gasteiger partial charge in [0, 0.05) is 44.0 Å². The second-order valence-electron chi connectivity index (χ2n) is 7.10. The first-order valence-electron chi connectivity index (χ1n) is 9.16. The van der Waals surface area contributed by atoms with Gasteiger partial charge in [-0.1, -0.05) is 16.8 Å². The maximum Gasteiger partial charge on any atom is 0.417 e. The fourth-order valence-corrected chi connectivity index (χ4v) is 3.51. The molecule has 3 rings (SSSR count). The number of aryl methyl sites for hydroxylation is 2. The summed E-state index contributed by atoms with van der Waals surface area (Å²) in [7, 11) is 0. The van der Waals surface area contributed by atoms with Crippen molar-refractivity contribution in [2.45, 2.75) is 26.6 Å². The molecule has 1 aromatic carbocycles. The first-order valence-corrected chi connectivity index (χ1v) is 9.54. The molecule has 1 saturated heterocycles. The lowest BCUT2D eigenvalue weighted by molar-refractivity contribution is -0.137. The zero-order valence-corrected chi connectivity index (χ0v) is 16.9. The van der Waals surface area contributed by atoms with Crippen LogP contribution in [0.2, 0.25) is 5.02 Å². The molecule has 6 nitrogen and oxygen atoms in total. The number of hydrogen-bond donors (Lipinski definition) is 1. The monoisotopic (exact) mass is 430 g/mol. The largest absolute Gasteiger partial charge is 0.417 e. The Labute approximate surface area is 171 Å². The first kappa shape index (κ1) is 21.6. The zero-order valence-electron chi connectivity index (χ0n) is 16.1. The second-order valence-corrected chi connectivity index (χ2v) is 7.50. The quantitative estimate of drug-likeness (QED) is 0.783. The molecule has 29 heavy (non-hydrogen) atoms. The molecule has 1 aliphatic heterocycles. The van der Waals surface area contributed by atoms with Gasteiger partial charge >= 0.3 is 6.18 Å². The molecule has 1 N–H and O–H groups in total. The highest BCUT2D eigenvalue weighted by Gasteiger charge is 2.33. The number of rotatable bonds is 5. The van der Waals surface area contributed by atoms with Crippen molar-refractivity contribution in [2.75, 3.05) is 38.0 Å². The van der Waals surface area contributed by atoms with E-state index in [1.807, 2.05) is 18.7 Å². The van der Waals surface area contributed by atoms with E-state index in [0.29, 0.717) is 13.1 Å². The summed E-state index contributed by atoms with van der Waals surface area (Å²) in [6.45, 7) is 7.57. The van der Waals surface area contributed by atoms with E-state index in [2.05, 4.69) is 15.4 Å². The highest BCUT2D eigenvalue weighted by atomic mass is 35.5. The summed E-state index contributed by atoms with van der Waals surface area (Å²) in [6, 6.07) is 3.34. The number of amides is 1. The normalized spacial score (nSPS) is 16.2. The van der Waals surface area contributed by atoms with Crippen molar-refractivity contribution in [2.24, 2.45) is 0 Å². The van der Waals surface area contributed by atoms with Gasteiger partial charge in [-0.2, -0.15) is 13.2 Å². The van der Waals surface area contributed by atoms with Crippen LogP contribution in [0, 0.1) is 13.8 Å². The van der Waals surface area contributed by atoms with Gasteiger partial charge in [0.2, 0.25) is 5.91 Å². The molecule has 10 heteroatoms. The molecule has 1 fully saturated rings. The Balaban J connectivity index is 1.50. The molecule has 1 amide bonds. The van der Waals surface area contributed by atoms with E-state index in [4.69, 9.17) is 16.1 Å². The molecule has 1 aromatic heterocycles. The highest BCUT2D eigenvalue weighted by Crippen LogP contribution is 2.36. The number of halogens is 4. The predicted octanol–water partition coefficient (Wildman–Crippen LogP) is 3.72. The number of anilines is 1. The highest BCUT2D eigenvalue weighted by molar-refractivity contribution is 6.31. The van der Waals surface area contributed by atoms with Crippen molar-refractivity contribution >= 4 is 23.2 Å². The van der Waals surface area contributed by atoms with E-state index >= 15 is 0 Å². The maximum atomic E-state index is 12.9. The van der Waals surface area contributed by atoms with Gasteiger partial charge in [0.05, 0.1) is 22.8 Å². The molecule has 0 bridgehead atoms. The van der Waals surface area contributed by atoms with E-state index in [0.717, 1.165) is 48.8 Å². The molecule has 0 saturated carbocycles. The molecule has 2 heterocycles. The summed E-state index contributed by atoms with van der Waals surface area (Å²) in [6.07, 6.45) is -4.57.